The molecule has 0 saturated carbocycles. The average Bonchev–Trinajstić information content (AvgIpc) is 2.54. The maximum absolute atomic E-state index is 11.3. The van der Waals surface area contributed by atoms with E-state index in [2.05, 4.69) is 41.5 Å². The Hall–Kier alpha value is -2.22. The minimum Gasteiger partial charge on any atom is -0.295 e. The summed E-state index contributed by atoms with van der Waals surface area (Å²) in [4.78, 5) is 22.3. The van der Waals surface area contributed by atoms with Crippen LogP contribution in [0.1, 0.15) is 87.2 Å². The van der Waals surface area contributed by atoms with Gasteiger partial charge in [0.25, 0.3) is 0 Å². The largest absolute Gasteiger partial charge is 0.295 e. The molecule has 0 spiro atoms. The van der Waals surface area contributed by atoms with Crippen molar-refractivity contribution in [2.75, 3.05) is 0 Å². The van der Waals surface area contributed by atoms with Crippen LogP contribution in [0.15, 0.2) is 48.5 Å². The number of benzene rings is 2. The zero-order valence-electron chi connectivity index (χ0n) is 17.4. The topological polar surface area (TPSA) is 34.1 Å². The summed E-state index contributed by atoms with van der Waals surface area (Å²) < 4.78 is 0. The van der Waals surface area contributed by atoms with E-state index in [1.54, 1.807) is 13.8 Å². The minimum absolute atomic E-state index is 0.0439. The smallest absolute Gasteiger partial charge is 0.160 e. The standard InChI is InChI=1S/2C12H16O/c1-9(13)10-5-7-11(8-6-10)12(2,3)4;1-9(13)10-7-5-6-8-11(10)12(2,3)4/h2*5-8H,1-4H3. The highest BCUT2D eigenvalue weighted by Crippen LogP contribution is 2.25. The van der Waals surface area contributed by atoms with Gasteiger partial charge in [-0.05, 0) is 35.8 Å². The molecule has 0 amide bonds. The Morgan fingerprint density at radius 3 is 1.50 bits per heavy atom. The Balaban J connectivity index is 0.000000260. The predicted octanol–water partition coefficient (Wildman–Crippen LogP) is 6.37. The number of ketones is 2. The molecule has 0 atom stereocenters. The van der Waals surface area contributed by atoms with Gasteiger partial charge in [0.15, 0.2) is 11.6 Å². The van der Waals surface area contributed by atoms with Crippen molar-refractivity contribution < 1.29 is 9.59 Å². The number of carbonyl (C=O) groups is 2. The van der Waals surface area contributed by atoms with Crippen LogP contribution in [-0.2, 0) is 10.8 Å². The van der Waals surface area contributed by atoms with Gasteiger partial charge < -0.3 is 0 Å². The van der Waals surface area contributed by atoms with E-state index in [0.29, 0.717) is 0 Å². The Kier molecular flexibility index (Phi) is 7.08. The first-order valence-corrected chi connectivity index (χ1v) is 9.06. The third-order valence-electron chi connectivity index (χ3n) is 4.27. The lowest BCUT2D eigenvalue weighted by Crippen LogP contribution is -2.15. The van der Waals surface area contributed by atoms with Gasteiger partial charge in [0, 0.05) is 11.1 Å². The number of carbonyl (C=O) groups excluding carboxylic acids is 2. The van der Waals surface area contributed by atoms with Crippen molar-refractivity contribution in [3.8, 4) is 0 Å². The van der Waals surface area contributed by atoms with Gasteiger partial charge in [0.05, 0.1) is 0 Å². The van der Waals surface area contributed by atoms with Gasteiger partial charge in [-0.2, -0.15) is 0 Å². The van der Waals surface area contributed by atoms with E-state index in [-0.39, 0.29) is 22.4 Å². The lowest BCUT2D eigenvalue weighted by molar-refractivity contribution is 0.100. The van der Waals surface area contributed by atoms with Crippen LogP contribution in [0.4, 0.5) is 0 Å². The highest BCUT2D eigenvalue weighted by molar-refractivity contribution is 5.96. The maximum Gasteiger partial charge on any atom is 0.160 e. The molecule has 0 aliphatic carbocycles. The van der Waals surface area contributed by atoms with E-state index in [1.807, 2.05) is 48.5 Å². The molecule has 2 rings (SSSR count). The fraction of sp³-hybridized carbons (Fsp3) is 0.417. The molecule has 0 aromatic heterocycles. The molecule has 0 heterocycles. The van der Waals surface area contributed by atoms with Crippen molar-refractivity contribution in [2.24, 2.45) is 0 Å². The molecule has 0 bridgehead atoms. The van der Waals surface area contributed by atoms with Gasteiger partial charge in [-0.1, -0.05) is 90.1 Å². The van der Waals surface area contributed by atoms with E-state index in [1.165, 1.54) is 5.56 Å². The van der Waals surface area contributed by atoms with Crippen molar-refractivity contribution in [3.05, 3.63) is 70.8 Å². The SMILES string of the molecule is CC(=O)c1ccc(C(C)(C)C)cc1.CC(=O)c1ccccc1C(C)(C)C. The molecule has 2 heteroatoms. The van der Waals surface area contributed by atoms with Crippen molar-refractivity contribution in [1.82, 2.24) is 0 Å². The summed E-state index contributed by atoms with van der Waals surface area (Å²) in [5, 5.41) is 0. The summed E-state index contributed by atoms with van der Waals surface area (Å²) in [6, 6.07) is 15.6. The molecular formula is C24H32O2. The third kappa shape index (κ3) is 6.25. The van der Waals surface area contributed by atoms with E-state index in [9.17, 15) is 9.59 Å². The Labute approximate surface area is 158 Å². The number of rotatable bonds is 2. The summed E-state index contributed by atoms with van der Waals surface area (Å²) in [5.74, 6) is 0.269. The van der Waals surface area contributed by atoms with Gasteiger partial charge in [-0.25, -0.2) is 0 Å². The molecule has 2 aromatic rings. The van der Waals surface area contributed by atoms with Crippen LogP contribution in [0.5, 0.6) is 0 Å². The Morgan fingerprint density at radius 1 is 0.654 bits per heavy atom. The molecular weight excluding hydrogens is 320 g/mol. The van der Waals surface area contributed by atoms with E-state index in [4.69, 9.17) is 0 Å². The van der Waals surface area contributed by atoms with Crippen LogP contribution in [0, 0.1) is 0 Å². The van der Waals surface area contributed by atoms with Crippen molar-refractivity contribution in [3.63, 3.8) is 0 Å². The second-order valence-electron chi connectivity index (χ2n) is 8.74. The molecule has 2 nitrogen and oxygen atoms in total. The zero-order valence-corrected chi connectivity index (χ0v) is 17.4. The summed E-state index contributed by atoms with van der Waals surface area (Å²) in [7, 11) is 0. The molecule has 0 aliphatic rings. The van der Waals surface area contributed by atoms with Crippen molar-refractivity contribution in [2.45, 2.75) is 66.2 Å². The summed E-state index contributed by atoms with van der Waals surface area (Å²) in [5.41, 5.74) is 4.22. The summed E-state index contributed by atoms with van der Waals surface area (Å²) in [6.07, 6.45) is 0. The van der Waals surface area contributed by atoms with Crippen LogP contribution in [0.25, 0.3) is 0 Å². The molecule has 0 unspecified atom stereocenters. The monoisotopic (exact) mass is 352 g/mol. The second kappa shape index (κ2) is 8.44. The molecule has 26 heavy (non-hydrogen) atoms. The van der Waals surface area contributed by atoms with Gasteiger partial charge in [0.1, 0.15) is 0 Å². The van der Waals surface area contributed by atoms with Crippen molar-refractivity contribution >= 4 is 11.6 Å². The van der Waals surface area contributed by atoms with Gasteiger partial charge >= 0.3 is 0 Å². The number of Topliss-reactive ketones (excluding diaryl/α,β-unsaturated/α-hetero) is 2. The Morgan fingerprint density at radius 2 is 1.15 bits per heavy atom. The molecule has 0 saturated heterocycles. The molecule has 0 aliphatic heterocycles. The zero-order chi connectivity index (χ0) is 20.1. The van der Waals surface area contributed by atoms with Crippen LogP contribution in [0.2, 0.25) is 0 Å². The van der Waals surface area contributed by atoms with Crippen LogP contribution in [0.3, 0.4) is 0 Å². The first kappa shape index (κ1) is 21.8. The fourth-order valence-electron chi connectivity index (χ4n) is 2.65. The van der Waals surface area contributed by atoms with E-state index < -0.39 is 0 Å². The fourth-order valence-corrected chi connectivity index (χ4v) is 2.65. The molecule has 2 aromatic carbocycles. The van der Waals surface area contributed by atoms with Crippen LogP contribution >= 0.6 is 0 Å². The van der Waals surface area contributed by atoms with Gasteiger partial charge in [-0.15, -0.1) is 0 Å². The molecule has 0 radical (unpaired) electrons. The van der Waals surface area contributed by atoms with Crippen LogP contribution < -0.4 is 0 Å². The maximum atomic E-state index is 11.3. The van der Waals surface area contributed by atoms with Gasteiger partial charge in [0.2, 0.25) is 0 Å². The third-order valence-corrected chi connectivity index (χ3v) is 4.27. The number of hydrogen-bond donors (Lipinski definition) is 0. The van der Waals surface area contributed by atoms with Crippen LogP contribution in [-0.4, -0.2) is 11.6 Å². The second-order valence-corrected chi connectivity index (χ2v) is 8.74. The van der Waals surface area contributed by atoms with E-state index >= 15 is 0 Å². The lowest BCUT2D eigenvalue weighted by atomic mass is 9.83. The lowest BCUT2D eigenvalue weighted by Gasteiger charge is -2.21. The predicted molar refractivity (Wildman–Crippen MR) is 110 cm³/mol. The van der Waals surface area contributed by atoms with Gasteiger partial charge in [-0.3, -0.25) is 9.59 Å². The quantitative estimate of drug-likeness (QED) is 0.588. The normalized spacial score (nSPS) is 11.4. The summed E-state index contributed by atoms with van der Waals surface area (Å²) in [6.45, 7) is 16.1. The first-order valence-electron chi connectivity index (χ1n) is 9.06. The highest BCUT2D eigenvalue weighted by Gasteiger charge is 2.18. The highest BCUT2D eigenvalue weighted by atomic mass is 16.1. The Bertz CT molecular complexity index is 754. The first-order chi connectivity index (χ1) is 11.8. The average molecular weight is 353 g/mol. The van der Waals surface area contributed by atoms with Crippen molar-refractivity contribution in [1.29, 1.82) is 0 Å². The number of hydrogen-bond acceptors (Lipinski definition) is 2. The molecule has 140 valence electrons. The molecule has 0 fully saturated rings. The molecule has 0 N–H and O–H groups in total. The van der Waals surface area contributed by atoms with E-state index in [0.717, 1.165) is 16.7 Å². The summed E-state index contributed by atoms with van der Waals surface area (Å²) >= 11 is 0. The minimum atomic E-state index is 0.0439.